The highest BCUT2D eigenvalue weighted by molar-refractivity contribution is 5.82. The molecule has 1 aliphatic carbocycles. The lowest BCUT2D eigenvalue weighted by atomic mass is 9.87. The van der Waals surface area contributed by atoms with Gasteiger partial charge in [-0.1, -0.05) is 46.5 Å². The maximum absolute atomic E-state index is 11.7. The van der Waals surface area contributed by atoms with Gasteiger partial charge < -0.3 is 11.1 Å². The molecule has 1 amide bonds. The molecule has 1 rings (SSSR count). The molecule has 1 aliphatic rings. The molecule has 3 N–H and O–H groups in total. The van der Waals surface area contributed by atoms with E-state index in [1.165, 1.54) is 25.7 Å². The van der Waals surface area contributed by atoms with E-state index in [1.807, 2.05) is 20.8 Å². The predicted octanol–water partition coefficient (Wildman–Crippen LogP) is 2.06. The Bertz CT molecular complexity index is 227. The van der Waals surface area contributed by atoms with E-state index in [2.05, 4.69) is 5.32 Å². The zero-order valence-electron chi connectivity index (χ0n) is 10.9. The molecule has 94 valence electrons. The second-order valence-electron chi connectivity index (χ2n) is 6.07. The van der Waals surface area contributed by atoms with Crippen molar-refractivity contribution >= 4 is 5.91 Å². The van der Waals surface area contributed by atoms with Crippen molar-refractivity contribution in [1.29, 1.82) is 0 Å². The number of carbonyl (C=O) groups is 1. The molecule has 0 aromatic heterocycles. The molecule has 3 nitrogen and oxygen atoms in total. The van der Waals surface area contributed by atoms with Crippen molar-refractivity contribution < 1.29 is 4.79 Å². The molecule has 1 atom stereocenters. The Balaban J connectivity index is 2.19. The summed E-state index contributed by atoms with van der Waals surface area (Å²) in [6.07, 6.45) is 6.51. The van der Waals surface area contributed by atoms with E-state index in [-0.39, 0.29) is 11.3 Å². The van der Waals surface area contributed by atoms with E-state index in [9.17, 15) is 4.79 Å². The Morgan fingerprint density at radius 1 is 1.38 bits per heavy atom. The van der Waals surface area contributed by atoms with Gasteiger partial charge in [0.1, 0.15) is 0 Å². The third-order valence-corrected chi connectivity index (χ3v) is 3.54. The fraction of sp³-hybridized carbons (Fsp3) is 0.923. The van der Waals surface area contributed by atoms with Crippen LogP contribution in [0.1, 0.15) is 52.9 Å². The molecule has 0 heterocycles. The van der Waals surface area contributed by atoms with Crippen LogP contribution in [0.25, 0.3) is 0 Å². The summed E-state index contributed by atoms with van der Waals surface area (Å²) in [6.45, 7) is 6.77. The van der Waals surface area contributed by atoms with E-state index in [0.29, 0.717) is 0 Å². The summed E-state index contributed by atoms with van der Waals surface area (Å²) >= 11 is 0. The van der Waals surface area contributed by atoms with Crippen molar-refractivity contribution in [3.63, 3.8) is 0 Å². The SMILES string of the molecule is CC(C)(C)C(N)C(=O)NCCC1CCCC1. The van der Waals surface area contributed by atoms with Gasteiger partial charge >= 0.3 is 0 Å². The van der Waals surface area contributed by atoms with Gasteiger partial charge in [-0.15, -0.1) is 0 Å². The highest BCUT2D eigenvalue weighted by Gasteiger charge is 2.27. The zero-order valence-corrected chi connectivity index (χ0v) is 10.9. The van der Waals surface area contributed by atoms with Crippen molar-refractivity contribution in [3.05, 3.63) is 0 Å². The minimum absolute atomic E-state index is 0.00880. The molecule has 0 bridgehead atoms. The van der Waals surface area contributed by atoms with Crippen LogP contribution in [-0.2, 0) is 4.79 Å². The number of rotatable bonds is 4. The third-order valence-electron chi connectivity index (χ3n) is 3.54. The minimum Gasteiger partial charge on any atom is -0.355 e. The van der Waals surface area contributed by atoms with Gasteiger partial charge in [0.15, 0.2) is 0 Å². The number of nitrogens with one attached hydrogen (secondary N) is 1. The first-order valence-corrected chi connectivity index (χ1v) is 6.44. The zero-order chi connectivity index (χ0) is 12.2. The van der Waals surface area contributed by atoms with Crippen LogP contribution < -0.4 is 11.1 Å². The topological polar surface area (TPSA) is 55.1 Å². The molecule has 1 saturated carbocycles. The summed E-state index contributed by atoms with van der Waals surface area (Å²) in [6, 6.07) is -0.406. The molecule has 0 spiro atoms. The van der Waals surface area contributed by atoms with Gasteiger partial charge in [0.25, 0.3) is 0 Å². The van der Waals surface area contributed by atoms with Gasteiger partial charge in [-0.05, 0) is 17.8 Å². The van der Waals surface area contributed by atoms with Gasteiger partial charge in [-0.3, -0.25) is 4.79 Å². The van der Waals surface area contributed by atoms with Crippen molar-refractivity contribution in [2.45, 2.75) is 58.9 Å². The normalized spacial score (nSPS) is 19.8. The number of amides is 1. The molecule has 0 aromatic carbocycles. The summed E-state index contributed by atoms with van der Waals surface area (Å²) in [5, 5.41) is 2.95. The Hall–Kier alpha value is -0.570. The van der Waals surface area contributed by atoms with E-state index < -0.39 is 6.04 Å². The van der Waals surface area contributed by atoms with Gasteiger partial charge in [0.2, 0.25) is 5.91 Å². The minimum atomic E-state index is -0.406. The molecule has 0 radical (unpaired) electrons. The van der Waals surface area contributed by atoms with Gasteiger partial charge in [0.05, 0.1) is 6.04 Å². The average Bonchev–Trinajstić information content (AvgIpc) is 2.67. The summed E-state index contributed by atoms with van der Waals surface area (Å²) in [5.74, 6) is 0.816. The number of nitrogens with two attached hydrogens (primary N) is 1. The summed E-state index contributed by atoms with van der Waals surface area (Å²) in [5.41, 5.74) is 5.72. The van der Waals surface area contributed by atoms with Crippen LogP contribution in [0.3, 0.4) is 0 Å². The van der Waals surface area contributed by atoms with Crippen LogP contribution in [0.15, 0.2) is 0 Å². The van der Waals surface area contributed by atoms with Gasteiger partial charge in [0, 0.05) is 6.54 Å². The van der Waals surface area contributed by atoms with Crippen LogP contribution in [0, 0.1) is 11.3 Å². The van der Waals surface area contributed by atoms with E-state index in [1.54, 1.807) is 0 Å². The Kier molecular flexibility index (Phi) is 4.78. The molecule has 16 heavy (non-hydrogen) atoms. The molecule has 0 aromatic rings. The first-order valence-electron chi connectivity index (χ1n) is 6.44. The average molecular weight is 226 g/mol. The maximum atomic E-state index is 11.7. The standard InChI is InChI=1S/C13H26N2O/c1-13(2,3)11(14)12(16)15-9-8-10-6-4-5-7-10/h10-11H,4-9,14H2,1-3H3,(H,15,16). The number of carbonyl (C=O) groups excluding carboxylic acids is 1. The first kappa shape index (κ1) is 13.5. The monoisotopic (exact) mass is 226 g/mol. The van der Waals surface area contributed by atoms with Crippen molar-refractivity contribution in [2.24, 2.45) is 17.1 Å². The van der Waals surface area contributed by atoms with E-state index >= 15 is 0 Å². The molecule has 0 saturated heterocycles. The molecule has 1 fully saturated rings. The lowest BCUT2D eigenvalue weighted by Crippen LogP contribution is -2.48. The Labute approximate surface area is 99.2 Å². The third kappa shape index (κ3) is 4.12. The lowest BCUT2D eigenvalue weighted by molar-refractivity contribution is -0.124. The van der Waals surface area contributed by atoms with Crippen LogP contribution in [0.4, 0.5) is 0 Å². The predicted molar refractivity (Wildman–Crippen MR) is 67.0 cm³/mol. The molecular formula is C13H26N2O. The first-order chi connectivity index (χ1) is 7.41. The second-order valence-corrected chi connectivity index (χ2v) is 6.07. The quantitative estimate of drug-likeness (QED) is 0.771. The highest BCUT2D eigenvalue weighted by atomic mass is 16.2. The van der Waals surface area contributed by atoms with Crippen molar-refractivity contribution in [2.75, 3.05) is 6.54 Å². The fourth-order valence-corrected chi connectivity index (χ4v) is 2.20. The van der Waals surface area contributed by atoms with Crippen LogP contribution >= 0.6 is 0 Å². The molecule has 0 aliphatic heterocycles. The fourth-order valence-electron chi connectivity index (χ4n) is 2.20. The van der Waals surface area contributed by atoms with Gasteiger partial charge in [-0.25, -0.2) is 0 Å². The van der Waals surface area contributed by atoms with E-state index in [4.69, 9.17) is 5.73 Å². The van der Waals surface area contributed by atoms with Crippen LogP contribution in [0.2, 0.25) is 0 Å². The van der Waals surface area contributed by atoms with E-state index in [0.717, 1.165) is 18.9 Å². The summed E-state index contributed by atoms with van der Waals surface area (Å²) in [7, 11) is 0. The lowest BCUT2D eigenvalue weighted by Gasteiger charge is -2.26. The smallest absolute Gasteiger partial charge is 0.237 e. The van der Waals surface area contributed by atoms with Gasteiger partial charge in [-0.2, -0.15) is 0 Å². The second kappa shape index (κ2) is 5.67. The maximum Gasteiger partial charge on any atom is 0.237 e. The highest BCUT2D eigenvalue weighted by Crippen LogP contribution is 2.27. The van der Waals surface area contributed by atoms with Crippen molar-refractivity contribution in [1.82, 2.24) is 5.32 Å². The molecule has 3 heteroatoms. The van der Waals surface area contributed by atoms with Crippen molar-refractivity contribution in [3.8, 4) is 0 Å². The molecular weight excluding hydrogens is 200 g/mol. The Morgan fingerprint density at radius 2 is 1.94 bits per heavy atom. The summed E-state index contributed by atoms with van der Waals surface area (Å²) < 4.78 is 0. The number of hydrogen-bond donors (Lipinski definition) is 2. The summed E-state index contributed by atoms with van der Waals surface area (Å²) in [4.78, 5) is 11.7. The molecule has 1 unspecified atom stereocenters. The van der Waals surface area contributed by atoms with Crippen LogP contribution in [0.5, 0.6) is 0 Å². The largest absolute Gasteiger partial charge is 0.355 e. The van der Waals surface area contributed by atoms with Crippen LogP contribution in [-0.4, -0.2) is 18.5 Å². The number of hydrogen-bond acceptors (Lipinski definition) is 2. The Morgan fingerprint density at radius 3 is 2.44 bits per heavy atom.